The Labute approximate surface area is 210 Å². The number of nitrogens with one attached hydrogen (secondary N) is 2. The van der Waals surface area contributed by atoms with Gasteiger partial charge in [-0.2, -0.15) is 0 Å². The molecule has 2 N–H and O–H groups in total. The minimum atomic E-state index is -0.295. The molecule has 0 saturated heterocycles. The molecule has 1 amide bonds. The summed E-state index contributed by atoms with van der Waals surface area (Å²) in [6.07, 6.45) is 1.99. The zero-order valence-electron chi connectivity index (χ0n) is 20.1. The number of ether oxygens (including phenoxy) is 1. The smallest absolute Gasteiger partial charge is 0.257 e. The quantitative estimate of drug-likeness (QED) is 0.263. The third-order valence-corrected chi connectivity index (χ3v) is 5.98. The lowest BCUT2D eigenvalue weighted by Crippen LogP contribution is -2.34. The van der Waals surface area contributed by atoms with Gasteiger partial charge in [-0.15, -0.1) is 0 Å². The Morgan fingerprint density at radius 1 is 1.09 bits per heavy atom. The van der Waals surface area contributed by atoms with Crippen LogP contribution in [0.2, 0.25) is 0 Å². The number of thiocarbonyl (C=S) groups is 1. The lowest BCUT2D eigenvalue weighted by atomic mass is 9.98. The molecular formula is C28H29N3O3S. The number of aromatic nitrogens is 1. The molecule has 1 aromatic heterocycles. The van der Waals surface area contributed by atoms with Crippen molar-refractivity contribution >= 4 is 40.0 Å². The van der Waals surface area contributed by atoms with Gasteiger partial charge in [0.05, 0.1) is 6.61 Å². The Balaban J connectivity index is 1.42. The van der Waals surface area contributed by atoms with E-state index in [1.54, 1.807) is 24.3 Å². The normalized spacial score (nSPS) is 11.7. The van der Waals surface area contributed by atoms with Gasteiger partial charge in [0.15, 0.2) is 10.7 Å². The second-order valence-corrected chi connectivity index (χ2v) is 8.83. The van der Waals surface area contributed by atoms with Crippen LogP contribution in [0.3, 0.4) is 0 Å². The highest BCUT2D eigenvalue weighted by Gasteiger charge is 2.13. The first-order valence-electron chi connectivity index (χ1n) is 11.8. The first-order valence-corrected chi connectivity index (χ1v) is 12.2. The number of carbonyl (C=O) groups excluding carboxylic acids is 1. The van der Waals surface area contributed by atoms with Crippen LogP contribution in [0.1, 0.15) is 55.5 Å². The fraction of sp³-hybridized carbons (Fsp3) is 0.250. The van der Waals surface area contributed by atoms with E-state index in [9.17, 15) is 4.79 Å². The number of amides is 1. The fourth-order valence-corrected chi connectivity index (χ4v) is 3.81. The number of benzene rings is 3. The van der Waals surface area contributed by atoms with Gasteiger partial charge >= 0.3 is 0 Å². The molecule has 0 radical (unpaired) electrons. The van der Waals surface area contributed by atoms with E-state index in [0.29, 0.717) is 24.0 Å². The van der Waals surface area contributed by atoms with Crippen LogP contribution in [0.15, 0.2) is 71.1 Å². The molecular weight excluding hydrogens is 458 g/mol. The average molecular weight is 488 g/mol. The van der Waals surface area contributed by atoms with Gasteiger partial charge in [-0.1, -0.05) is 32.9 Å². The van der Waals surface area contributed by atoms with E-state index in [1.807, 2.05) is 37.3 Å². The summed E-state index contributed by atoms with van der Waals surface area (Å²) in [5.41, 5.74) is 4.87. The lowest BCUT2D eigenvalue weighted by Gasteiger charge is -2.11. The number of nitrogens with zero attached hydrogens (tertiary/aromatic N) is 1. The molecule has 0 spiro atoms. The van der Waals surface area contributed by atoms with Crippen molar-refractivity contribution in [3.8, 4) is 17.2 Å². The Morgan fingerprint density at radius 2 is 1.89 bits per heavy atom. The second-order valence-electron chi connectivity index (χ2n) is 8.42. The molecule has 0 bridgehead atoms. The Bertz CT molecular complexity index is 1330. The highest BCUT2D eigenvalue weighted by Crippen LogP contribution is 2.29. The van der Waals surface area contributed by atoms with Crippen molar-refractivity contribution in [3.63, 3.8) is 0 Å². The second kappa shape index (κ2) is 11.1. The van der Waals surface area contributed by atoms with Crippen LogP contribution in [0.5, 0.6) is 5.75 Å². The van der Waals surface area contributed by atoms with Gasteiger partial charge in [0.1, 0.15) is 11.3 Å². The minimum absolute atomic E-state index is 0.203. The third kappa shape index (κ3) is 6.05. The zero-order valence-corrected chi connectivity index (χ0v) is 20.9. The summed E-state index contributed by atoms with van der Waals surface area (Å²) in [6, 6.07) is 20.7. The highest BCUT2D eigenvalue weighted by molar-refractivity contribution is 7.80. The van der Waals surface area contributed by atoms with Crippen molar-refractivity contribution in [2.24, 2.45) is 0 Å². The van der Waals surface area contributed by atoms with Crippen LogP contribution in [0, 0.1) is 0 Å². The fourth-order valence-electron chi connectivity index (χ4n) is 3.60. The van der Waals surface area contributed by atoms with Crippen molar-refractivity contribution in [2.45, 2.75) is 39.5 Å². The SMILES string of the molecule is CCCOc1ccc(C(=O)NC(=S)Nc2cccc(-c3nc4cc(C(C)CC)ccc4o3)c2)cc1. The summed E-state index contributed by atoms with van der Waals surface area (Å²) in [5.74, 6) is 1.44. The highest BCUT2D eigenvalue weighted by atomic mass is 32.1. The van der Waals surface area contributed by atoms with Gasteiger partial charge in [0.25, 0.3) is 5.91 Å². The van der Waals surface area contributed by atoms with Crippen LogP contribution in [-0.4, -0.2) is 22.6 Å². The van der Waals surface area contributed by atoms with Crippen LogP contribution >= 0.6 is 12.2 Å². The van der Waals surface area contributed by atoms with Crippen LogP contribution < -0.4 is 15.4 Å². The molecule has 0 fully saturated rings. The van der Waals surface area contributed by atoms with Gasteiger partial charge in [-0.05, 0) is 91.1 Å². The monoisotopic (exact) mass is 487 g/mol. The van der Waals surface area contributed by atoms with E-state index in [0.717, 1.165) is 40.9 Å². The third-order valence-electron chi connectivity index (χ3n) is 5.78. The number of oxazole rings is 1. The first-order chi connectivity index (χ1) is 17.0. The summed E-state index contributed by atoms with van der Waals surface area (Å²) in [5, 5.41) is 5.98. The molecule has 7 heteroatoms. The first kappa shape index (κ1) is 24.4. The summed E-state index contributed by atoms with van der Waals surface area (Å²) in [4.78, 5) is 17.2. The minimum Gasteiger partial charge on any atom is -0.494 e. The van der Waals surface area contributed by atoms with Crippen molar-refractivity contribution in [1.82, 2.24) is 10.3 Å². The summed E-state index contributed by atoms with van der Waals surface area (Å²) >= 11 is 5.35. The molecule has 35 heavy (non-hydrogen) atoms. The molecule has 1 heterocycles. The molecule has 0 saturated carbocycles. The van der Waals surface area contributed by atoms with E-state index in [4.69, 9.17) is 21.4 Å². The molecule has 6 nitrogen and oxygen atoms in total. The Hall–Kier alpha value is -3.71. The summed E-state index contributed by atoms with van der Waals surface area (Å²) < 4.78 is 11.5. The van der Waals surface area contributed by atoms with E-state index in [1.165, 1.54) is 5.56 Å². The molecule has 4 aromatic rings. The number of rotatable bonds is 8. The molecule has 3 aromatic carbocycles. The number of hydrogen-bond acceptors (Lipinski definition) is 5. The van der Waals surface area contributed by atoms with Gasteiger partial charge < -0.3 is 14.5 Å². The largest absolute Gasteiger partial charge is 0.494 e. The van der Waals surface area contributed by atoms with E-state index in [2.05, 4.69) is 41.6 Å². The standard InChI is InChI=1S/C28H29N3O3S/c1-4-15-33-23-12-9-19(10-13-23)26(32)31-28(35)29-22-8-6-7-21(16-22)27-30-24-17-20(18(3)5-2)11-14-25(24)34-27/h6-14,16-18H,4-5,15H2,1-3H3,(H2,29,31,32,35). The predicted molar refractivity (Wildman–Crippen MR) is 144 cm³/mol. The lowest BCUT2D eigenvalue weighted by molar-refractivity contribution is 0.0977. The summed E-state index contributed by atoms with van der Waals surface area (Å²) in [6.45, 7) is 7.06. The number of anilines is 1. The van der Waals surface area contributed by atoms with Crippen LogP contribution in [0.4, 0.5) is 5.69 Å². The molecule has 180 valence electrons. The van der Waals surface area contributed by atoms with E-state index in [-0.39, 0.29) is 11.0 Å². The van der Waals surface area contributed by atoms with E-state index < -0.39 is 0 Å². The predicted octanol–water partition coefficient (Wildman–Crippen LogP) is 6.92. The Morgan fingerprint density at radius 3 is 2.63 bits per heavy atom. The maximum Gasteiger partial charge on any atom is 0.257 e. The van der Waals surface area contributed by atoms with Crippen molar-refractivity contribution in [1.29, 1.82) is 0 Å². The van der Waals surface area contributed by atoms with Gasteiger partial charge in [-0.25, -0.2) is 4.98 Å². The van der Waals surface area contributed by atoms with Crippen LogP contribution in [0.25, 0.3) is 22.6 Å². The zero-order chi connectivity index (χ0) is 24.8. The Kier molecular flexibility index (Phi) is 7.77. The van der Waals surface area contributed by atoms with Crippen molar-refractivity contribution in [3.05, 3.63) is 77.9 Å². The number of fused-ring (bicyclic) bond motifs is 1. The van der Waals surface area contributed by atoms with Gasteiger partial charge in [0, 0.05) is 16.8 Å². The van der Waals surface area contributed by atoms with Crippen molar-refractivity contribution in [2.75, 3.05) is 11.9 Å². The molecule has 0 aliphatic rings. The molecule has 1 unspecified atom stereocenters. The maximum absolute atomic E-state index is 12.6. The molecule has 1 atom stereocenters. The topological polar surface area (TPSA) is 76.4 Å². The van der Waals surface area contributed by atoms with E-state index >= 15 is 0 Å². The van der Waals surface area contributed by atoms with Crippen molar-refractivity contribution < 1.29 is 13.9 Å². The van der Waals surface area contributed by atoms with Gasteiger partial charge in [0.2, 0.25) is 5.89 Å². The molecule has 0 aliphatic heterocycles. The number of carbonyl (C=O) groups is 1. The number of hydrogen-bond donors (Lipinski definition) is 2. The summed E-state index contributed by atoms with van der Waals surface area (Å²) in [7, 11) is 0. The molecule has 0 aliphatic carbocycles. The molecule has 4 rings (SSSR count). The average Bonchev–Trinajstić information content (AvgIpc) is 3.31. The van der Waals surface area contributed by atoms with Crippen LogP contribution in [-0.2, 0) is 0 Å². The van der Waals surface area contributed by atoms with Gasteiger partial charge in [-0.3, -0.25) is 10.1 Å². The maximum atomic E-state index is 12.6.